The summed E-state index contributed by atoms with van der Waals surface area (Å²) >= 11 is 0. The molecule has 1 aromatic rings. The van der Waals surface area contributed by atoms with E-state index in [1.807, 2.05) is 0 Å². The Morgan fingerprint density at radius 3 is 2.88 bits per heavy atom. The van der Waals surface area contributed by atoms with Crippen molar-refractivity contribution in [1.29, 1.82) is 0 Å². The maximum atomic E-state index is 13.2. The average molecular weight is 227 g/mol. The molecule has 0 heterocycles. The second-order valence-electron chi connectivity index (χ2n) is 3.25. The molecule has 1 aromatic carbocycles. The molecule has 1 rings (SSSR count). The van der Waals surface area contributed by atoms with Crippen LogP contribution in [-0.4, -0.2) is 23.7 Å². The predicted molar refractivity (Wildman–Crippen MR) is 57.8 cm³/mol. The number of benzene rings is 1. The molecule has 0 bridgehead atoms. The predicted octanol–water partition coefficient (Wildman–Crippen LogP) is 1.89. The number of aromatic hydroxyl groups is 1. The summed E-state index contributed by atoms with van der Waals surface area (Å²) in [5.74, 6) is -1.29. The highest BCUT2D eigenvalue weighted by molar-refractivity contribution is 5.94. The molecule has 1 unspecified atom stereocenters. The molecule has 0 aliphatic heterocycles. The number of ether oxygens (including phenoxy) is 1. The Morgan fingerprint density at radius 2 is 2.31 bits per heavy atom. The van der Waals surface area contributed by atoms with E-state index in [1.54, 1.807) is 13.8 Å². The van der Waals surface area contributed by atoms with E-state index >= 15 is 0 Å². The van der Waals surface area contributed by atoms with E-state index in [0.717, 1.165) is 6.07 Å². The van der Waals surface area contributed by atoms with Crippen LogP contribution in [0.2, 0.25) is 0 Å². The van der Waals surface area contributed by atoms with Crippen LogP contribution in [0.25, 0.3) is 0 Å². The zero-order valence-electron chi connectivity index (χ0n) is 9.16. The maximum absolute atomic E-state index is 13.2. The number of halogens is 1. The molecule has 0 aromatic heterocycles. The first kappa shape index (κ1) is 12.4. The summed E-state index contributed by atoms with van der Waals surface area (Å²) in [5.41, 5.74) is 0.0225. The highest BCUT2D eigenvalue weighted by Crippen LogP contribution is 2.19. The molecule has 1 atom stereocenters. The van der Waals surface area contributed by atoms with Crippen LogP contribution in [0, 0.1) is 5.82 Å². The van der Waals surface area contributed by atoms with Crippen molar-refractivity contribution < 1.29 is 19.0 Å². The van der Waals surface area contributed by atoms with Gasteiger partial charge in [-0.05, 0) is 26.0 Å². The van der Waals surface area contributed by atoms with Gasteiger partial charge in [-0.1, -0.05) is 0 Å². The van der Waals surface area contributed by atoms with E-state index in [0.29, 0.717) is 6.61 Å². The topological polar surface area (TPSA) is 58.6 Å². The van der Waals surface area contributed by atoms with E-state index in [4.69, 9.17) is 9.84 Å². The van der Waals surface area contributed by atoms with Gasteiger partial charge in [-0.25, -0.2) is 4.39 Å². The normalized spacial score (nSPS) is 12.2. The van der Waals surface area contributed by atoms with Crippen LogP contribution in [0.15, 0.2) is 18.2 Å². The fourth-order valence-electron chi connectivity index (χ4n) is 1.17. The van der Waals surface area contributed by atoms with Crippen molar-refractivity contribution in [1.82, 2.24) is 0 Å². The van der Waals surface area contributed by atoms with E-state index in [-0.39, 0.29) is 11.4 Å². The number of hydrogen-bond donors (Lipinski definition) is 2. The van der Waals surface area contributed by atoms with Crippen molar-refractivity contribution in [3.8, 4) is 5.75 Å². The van der Waals surface area contributed by atoms with E-state index in [9.17, 15) is 9.18 Å². The van der Waals surface area contributed by atoms with Gasteiger partial charge in [-0.2, -0.15) is 0 Å². The first-order valence-corrected chi connectivity index (χ1v) is 4.95. The summed E-state index contributed by atoms with van der Waals surface area (Å²) in [6.07, 6.45) is -0.641. The number of carbonyl (C=O) groups is 1. The van der Waals surface area contributed by atoms with Crippen LogP contribution in [0.1, 0.15) is 13.8 Å². The van der Waals surface area contributed by atoms with Crippen LogP contribution in [-0.2, 0) is 9.53 Å². The molecule has 2 N–H and O–H groups in total. The summed E-state index contributed by atoms with van der Waals surface area (Å²) in [6.45, 7) is 3.76. The van der Waals surface area contributed by atoms with Crippen molar-refractivity contribution >= 4 is 11.6 Å². The van der Waals surface area contributed by atoms with Gasteiger partial charge < -0.3 is 15.2 Å². The molecule has 0 spiro atoms. The van der Waals surface area contributed by atoms with Gasteiger partial charge in [0.15, 0.2) is 0 Å². The number of rotatable bonds is 4. The highest BCUT2D eigenvalue weighted by atomic mass is 19.1. The Labute approximate surface area is 93.0 Å². The molecule has 5 heteroatoms. The lowest BCUT2D eigenvalue weighted by molar-refractivity contribution is -0.126. The van der Waals surface area contributed by atoms with E-state index in [2.05, 4.69) is 5.32 Å². The Kier molecular flexibility index (Phi) is 4.25. The summed E-state index contributed by atoms with van der Waals surface area (Å²) in [5, 5.41) is 11.4. The van der Waals surface area contributed by atoms with E-state index < -0.39 is 17.8 Å². The molecule has 0 aliphatic rings. The molecule has 0 aliphatic carbocycles. The molecule has 0 saturated carbocycles. The third-order valence-electron chi connectivity index (χ3n) is 2.00. The Hall–Kier alpha value is -1.62. The summed E-state index contributed by atoms with van der Waals surface area (Å²) in [7, 11) is 0. The number of carbonyl (C=O) groups excluding carboxylic acids is 1. The molecule has 88 valence electrons. The van der Waals surface area contributed by atoms with Gasteiger partial charge in [0.2, 0.25) is 0 Å². The van der Waals surface area contributed by atoms with Crippen molar-refractivity contribution in [3.05, 3.63) is 24.0 Å². The van der Waals surface area contributed by atoms with Gasteiger partial charge in [0, 0.05) is 12.7 Å². The standard InChI is InChI=1S/C11H14FNO3/c1-3-16-7(2)11(15)13-10-5-4-8(14)6-9(10)12/h4-7,14H,3H2,1-2H3,(H,13,15). The Bertz CT molecular complexity index is 381. The quantitative estimate of drug-likeness (QED) is 0.772. The largest absolute Gasteiger partial charge is 0.508 e. The van der Waals surface area contributed by atoms with Crippen LogP contribution >= 0.6 is 0 Å². The fourth-order valence-corrected chi connectivity index (χ4v) is 1.17. The number of anilines is 1. The minimum atomic E-state index is -0.683. The van der Waals surface area contributed by atoms with Gasteiger partial charge in [-0.3, -0.25) is 4.79 Å². The summed E-state index contributed by atoms with van der Waals surface area (Å²) in [6, 6.07) is 3.52. The second-order valence-corrected chi connectivity index (χ2v) is 3.25. The van der Waals surface area contributed by atoms with Crippen molar-refractivity contribution in [2.75, 3.05) is 11.9 Å². The van der Waals surface area contributed by atoms with E-state index in [1.165, 1.54) is 12.1 Å². The molecule has 0 saturated heterocycles. The molecular formula is C11H14FNO3. The summed E-state index contributed by atoms with van der Waals surface area (Å²) < 4.78 is 18.3. The minimum absolute atomic E-state index is 0.0225. The number of amides is 1. The second kappa shape index (κ2) is 5.46. The Morgan fingerprint density at radius 1 is 1.62 bits per heavy atom. The van der Waals surface area contributed by atoms with Crippen LogP contribution in [0.4, 0.5) is 10.1 Å². The third-order valence-corrected chi connectivity index (χ3v) is 2.00. The van der Waals surface area contributed by atoms with Crippen LogP contribution in [0.5, 0.6) is 5.75 Å². The highest BCUT2D eigenvalue weighted by Gasteiger charge is 2.14. The lowest BCUT2D eigenvalue weighted by Crippen LogP contribution is -2.28. The van der Waals surface area contributed by atoms with Crippen LogP contribution in [0.3, 0.4) is 0 Å². The fraction of sp³-hybridized carbons (Fsp3) is 0.364. The smallest absolute Gasteiger partial charge is 0.253 e. The first-order chi connectivity index (χ1) is 7.54. The zero-order valence-corrected chi connectivity index (χ0v) is 9.16. The molecule has 0 fully saturated rings. The molecule has 16 heavy (non-hydrogen) atoms. The monoisotopic (exact) mass is 227 g/mol. The molecular weight excluding hydrogens is 213 g/mol. The number of nitrogens with one attached hydrogen (secondary N) is 1. The van der Waals surface area contributed by atoms with Crippen molar-refractivity contribution in [2.24, 2.45) is 0 Å². The van der Waals surface area contributed by atoms with Crippen molar-refractivity contribution in [3.63, 3.8) is 0 Å². The first-order valence-electron chi connectivity index (χ1n) is 4.95. The average Bonchev–Trinajstić information content (AvgIpc) is 2.22. The number of phenolic OH excluding ortho intramolecular Hbond substituents is 1. The van der Waals surface area contributed by atoms with Gasteiger partial charge >= 0.3 is 0 Å². The molecule has 0 radical (unpaired) electrons. The SMILES string of the molecule is CCOC(C)C(=O)Nc1ccc(O)cc1F. The minimum Gasteiger partial charge on any atom is -0.508 e. The number of phenols is 1. The molecule has 1 amide bonds. The van der Waals surface area contributed by atoms with Gasteiger partial charge in [-0.15, -0.1) is 0 Å². The maximum Gasteiger partial charge on any atom is 0.253 e. The zero-order chi connectivity index (χ0) is 12.1. The lowest BCUT2D eigenvalue weighted by atomic mass is 10.2. The number of hydrogen-bond acceptors (Lipinski definition) is 3. The third kappa shape index (κ3) is 3.20. The van der Waals surface area contributed by atoms with Gasteiger partial charge in [0.25, 0.3) is 5.91 Å². The summed E-state index contributed by atoms with van der Waals surface area (Å²) in [4.78, 5) is 11.5. The lowest BCUT2D eigenvalue weighted by Gasteiger charge is -2.12. The Balaban J connectivity index is 2.69. The van der Waals surface area contributed by atoms with Crippen molar-refractivity contribution in [2.45, 2.75) is 20.0 Å². The van der Waals surface area contributed by atoms with Gasteiger partial charge in [0.1, 0.15) is 17.7 Å². The van der Waals surface area contributed by atoms with Gasteiger partial charge in [0.05, 0.1) is 5.69 Å². The van der Waals surface area contributed by atoms with Crippen LogP contribution < -0.4 is 5.32 Å². The molecule has 4 nitrogen and oxygen atoms in total.